The molecule has 0 spiro atoms. The molecule has 1 aliphatic rings. The van der Waals surface area contributed by atoms with E-state index < -0.39 is 5.97 Å². The lowest BCUT2D eigenvalue weighted by atomic mass is 10.2. The molecule has 1 saturated heterocycles. The van der Waals surface area contributed by atoms with Gasteiger partial charge in [0.05, 0.1) is 12.0 Å². The van der Waals surface area contributed by atoms with Crippen molar-refractivity contribution in [2.75, 3.05) is 13.7 Å². The van der Waals surface area contributed by atoms with Crippen molar-refractivity contribution >= 4 is 35.0 Å². The van der Waals surface area contributed by atoms with E-state index in [1.165, 1.54) is 18.9 Å². The largest absolute Gasteiger partial charge is 0.493 e. The van der Waals surface area contributed by atoms with Crippen LogP contribution in [0.1, 0.15) is 25.8 Å². The highest BCUT2D eigenvalue weighted by molar-refractivity contribution is 8.18. The number of benzene rings is 1. The highest BCUT2D eigenvalue weighted by atomic mass is 32.2. The van der Waals surface area contributed by atoms with E-state index in [1.54, 1.807) is 24.3 Å². The van der Waals surface area contributed by atoms with Crippen LogP contribution in [-0.4, -0.2) is 35.7 Å². The number of esters is 1. The lowest BCUT2D eigenvalue weighted by Crippen LogP contribution is -2.28. The van der Waals surface area contributed by atoms with Crippen LogP contribution in [-0.2, 0) is 9.59 Å². The molecule has 0 atom stereocenters. The van der Waals surface area contributed by atoms with Crippen molar-refractivity contribution in [2.45, 2.75) is 20.3 Å². The fourth-order valence-electron chi connectivity index (χ4n) is 2.08. The van der Waals surface area contributed by atoms with Crippen LogP contribution >= 0.6 is 11.8 Å². The summed E-state index contributed by atoms with van der Waals surface area (Å²) in [6.45, 7) is 3.62. The fraction of sp³-hybridized carbons (Fsp3) is 0.312. The van der Waals surface area contributed by atoms with Gasteiger partial charge in [0.15, 0.2) is 11.5 Å². The van der Waals surface area contributed by atoms with Crippen molar-refractivity contribution in [3.8, 4) is 11.5 Å². The van der Waals surface area contributed by atoms with Crippen LogP contribution in [0.15, 0.2) is 23.1 Å². The Balaban J connectivity index is 2.27. The van der Waals surface area contributed by atoms with Gasteiger partial charge in [-0.1, -0.05) is 13.0 Å². The SMILES string of the molecule is CCCN1C(=O)S/C(=C\c2ccc(OC(C)=O)c(OC)c2)C1=O. The normalized spacial score (nSPS) is 16.1. The van der Waals surface area contributed by atoms with E-state index in [1.807, 2.05) is 6.92 Å². The molecule has 0 aromatic heterocycles. The average Bonchev–Trinajstić information content (AvgIpc) is 2.76. The minimum Gasteiger partial charge on any atom is -0.493 e. The smallest absolute Gasteiger partial charge is 0.308 e. The van der Waals surface area contributed by atoms with Crippen molar-refractivity contribution in [1.82, 2.24) is 4.90 Å². The van der Waals surface area contributed by atoms with Gasteiger partial charge in [-0.15, -0.1) is 0 Å². The molecule has 0 unspecified atom stereocenters. The second-order valence-electron chi connectivity index (χ2n) is 4.84. The monoisotopic (exact) mass is 335 g/mol. The van der Waals surface area contributed by atoms with Gasteiger partial charge < -0.3 is 9.47 Å². The van der Waals surface area contributed by atoms with Gasteiger partial charge in [0.2, 0.25) is 0 Å². The highest BCUT2D eigenvalue weighted by Crippen LogP contribution is 2.34. The molecule has 2 rings (SSSR count). The number of rotatable bonds is 5. The summed E-state index contributed by atoms with van der Waals surface area (Å²) in [5, 5.41) is -0.258. The average molecular weight is 335 g/mol. The summed E-state index contributed by atoms with van der Waals surface area (Å²) in [6, 6.07) is 4.92. The minimum atomic E-state index is -0.447. The molecule has 1 heterocycles. The zero-order valence-corrected chi connectivity index (χ0v) is 13.9. The van der Waals surface area contributed by atoms with Gasteiger partial charge in [-0.3, -0.25) is 19.3 Å². The van der Waals surface area contributed by atoms with Gasteiger partial charge in [0.25, 0.3) is 11.1 Å². The molecule has 122 valence electrons. The van der Waals surface area contributed by atoms with E-state index in [-0.39, 0.29) is 11.1 Å². The first-order chi connectivity index (χ1) is 11.0. The fourth-order valence-corrected chi connectivity index (χ4v) is 2.95. The summed E-state index contributed by atoms with van der Waals surface area (Å²) < 4.78 is 10.2. The maximum atomic E-state index is 12.2. The summed E-state index contributed by atoms with van der Waals surface area (Å²) in [5.41, 5.74) is 0.680. The summed E-state index contributed by atoms with van der Waals surface area (Å²) in [4.78, 5) is 36.7. The van der Waals surface area contributed by atoms with Crippen molar-refractivity contribution < 1.29 is 23.9 Å². The van der Waals surface area contributed by atoms with Gasteiger partial charge in [-0.25, -0.2) is 0 Å². The summed E-state index contributed by atoms with van der Waals surface area (Å²) >= 11 is 0.917. The zero-order chi connectivity index (χ0) is 17.0. The van der Waals surface area contributed by atoms with Crippen LogP contribution < -0.4 is 9.47 Å². The van der Waals surface area contributed by atoms with E-state index in [0.29, 0.717) is 28.5 Å². The second-order valence-corrected chi connectivity index (χ2v) is 5.83. The molecule has 1 fully saturated rings. The molecule has 1 aromatic carbocycles. The third-order valence-corrected chi connectivity index (χ3v) is 3.97. The van der Waals surface area contributed by atoms with Gasteiger partial charge in [0.1, 0.15) is 0 Å². The first-order valence-electron chi connectivity index (χ1n) is 7.08. The molecule has 2 amide bonds. The number of hydrogen-bond acceptors (Lipinski definition) is 6. The molecule has 7 heteroatoms. The number of hydrogen-bond donors (Lipinski definition) is 0. The highest BCUT2D eigenvalue weighted by Gasteiger charge is 2.34. The van der Waals surface area contributed by atoms with E-state index in [2.05, 4.69) is 0 Å². The summed E-state index contributed by atoms with van der Waals surface area (Å²) in [5.74, 6) is -0.0559. The van der Waals surface area contributed by atoms with Crippen LogP contribution in [0.5, 0.6) is 11.5 Å². The molecule has 0 aliphatic carbocycles. The number of thioether (sulfide) groups is 1. The topological polar surface area (TPSA) is 72.9 Å². The molecular formula is C16H17NO5S. The number of carbonyl (C=O) groups is 3. The van der Waals surface area contributed by atoms with Gasteiger partial charge in [-0.2, -0.15) is 0 Å². The molecule has 23 heavy (non-hydrogen) atoms. The molecule has 6 nitrogen and oxygen atoms in total. The Morgan fingerprint density at radius 1 is 1.30 bits per heavy atom. The quantitative estimate of drug-likeness (QED) is 0.468. The predicted octanol–water partition coefficient (Wildman–Crippen LogP) is 3.07. The lowest BCUT2D eigenvalue weighted by Gasteiger charge is -2.10. The number of imide groups is 1. The Hall–Kier alpha value is -2.28. The van der Waals surface area contributed by atoms with Crippen molar-refractivity contribution in [2.24, 2.45) is 0 Å². The molecule has 0 saturated carbocycles. The minimum absolute atomic E-state index is 0.258. The van der Waals surface area contributed by atoms with E-state index in [4.69, 9.17) is 9.47 Å². The number of nitrogens with zero attached hydrogens (tertiary/aromatic N) is 1. The van der Waals surface area contributed by atoms with Gasteiger partial charge in [0, 0.05) is 13.5 Å². The number of ether oxygens (including phenoxy) is 2. The third kappa shape index (κ3) is 3.92. The lowest BCUT2D eigenvalue weighted by molar-refractivity contribution is -0.132. The first kappa shape index (κ1) is 17.1. The van der Waals surface area contributed by atoms with E-state index in [9.17, 15) is 14.4 Å². The molecule has 0 radical (unpaired) electrons. The van der Waals surface area contributed by atoms with E-state index in [0.717, 1.165) is 18.2 Å². The van der Waals surface area contributed by atoms with E-state index >= 15 is 0 Å². The molecular weight excluding hydrogens is 318 g/mol. The van der Waals surface area contributed by atoms with Gasteiger partial charge >= 0.3 is 5.97 Å². The number of methoxy groups -OCH3 is 1. The summed E-state index contributed by atoms with van der Waals surface area (Å²) in [7, 11) is 1.46. The standard InChI is InChI=1S/C16H17NO5S/c1-4-7-17-15(19)14(23-16(17)20)9-11-5-6-12(22-10(2)18)13(8-11)21-3/h5-6,8-9H,4,7H2,1-3H3/b14-9-. The predicted molar refractivity (Wildman–Crippen MR) is 87.3 cm³/mol. The maximum absolute atomic E-state index is 12.2. The van der Waals surface area contributed by atoms with Crippen LogP contribution in [0.2, 0.25) is 0 Å². The van der Waals surface area contributed by atoms with Crippen LogP contribution in [0.25, 0.3) is 6.08 Å². The molecule has 0 bridgehead atoms. The number of amides is 2. The zero-order valence-electron chi connectivity index (χ0n) is 13.1. The van der Waals surface area contributed by atoms with Crippen molar-refractivity contribution in [1.29, 1.82) is 0 Å². The van der Waals surface area contributed by atoms with Gasteiger partial charge in [-0.05, 0) is 42.0 Å². The molecule has 1 aliphatic heterocycles. The Kier molecular flexibility index (Phi) is 5.44. The molecule has 1 aromatic rings. The third-order valence-electron chi connectivity index (χ3n) is 3.06. The Morgan fingerprint density at radius 2 is 2.04 bits per heavy atom. The first-order valence-corrected chi connectivity index (χ1v) is 7.89. The van der Waals surface area contributed by atoms with Crippen molar-refractivity contribution in [3.63, 3.8) is 0 Å². The Morgan fingerprint density at radius 3 is 2.65 bits per heavy atom. The Labute approximate surface area is 138 Å². The Bertz CT molecular complexity index is 683. The van der Waals surface area contributed by atoms with Crippen LogP contribution in [0.3, 0.4) is 0 Å². The molecule has 0 N–H and O–H groups in total. The van der Waals surface area contributed by atoms with Crippen LogP contribution in [0.4, 0.5) is 4.79 Å². The van der Waals surface area contributed by atoms with Crippen molar-refractivity contribution in [3.05, 3.63) is 28.7 Å². The maximum Gasteiger partial charge on any atom is 0.308 e. The van der Waals surface area contributed by atoms with Crippen LogP contribution in [0, 0.1) is 0 Å². The summed E-state index contributed by atoms with van der Waals surface area (Å²) in [6.07, 6.45) is 2.34. The number of carbonyl (C=O) groups excluding carboxylic acids is 3. The second kappa shape index (κ2) is 7.32.